The number of nitrogens with zero attached hydrogens (tertiary/aromatic N) is 2. The van der Waals surface area contributed by atoms with Gasteiger partial charge in [0.25, 0.3) is 0 Å². The standard InChI is InChI=1S/C15H17N3O3/c1-15(2,3)21-14(20)16-13-9-11(10-19)17-18(13)12-7-5-4-6-8-12/h4-10H,1-3H3,(H,16,20). The lowest BCUT2D eigenvalue weighted by atomic mass is 10.2. The minimum atomic E-state index is -0.602. The molecule has 21 heavy (non-hydrogen) atoms. The van der Waals surface area contributed by atoms with Crippen molar-refractivity contribution in [3.63, 3.8) is 0 Å². The van der Waals surface area contributed by atoms with E-state index in [4.69, 9.17) is 4.74 Å². The van der Waals surface area contributed by atoms with Crippen LogP contribution < -0.4 is 5.32 Å². The van der Waals surface area contributed by atoms with E-state index in [1.165, 1.54) is 10.7 Å². The number of para-hydroxylation sites is 1. The number of carbonyl (C=O) groups is 2. The number of anilines is 1. The number of nitrogens with one attached hydrogen (secondary N) is 1. The summed E-state index contributed by atoms with van der Waals surface area (Å²) in [6.45, 7) is 5.33. The van der Waals surface area contributed by atoms with Crippen molar-refractivity contribution < 1.29 is 14.3 Å². The molecule has 0 spiro atoms. The number of carbonyl (C=O) groups excluding carboxylic acids is 2. The Labute approximate surface area is 122 Å². The summed E-state index contributed by atoms with van der Waals surface area (Å²) in [5, 5.41) is 6.73. The third-order valence-electron chi connectivity index (χ3n) is 2.48. The Balaban J connectivity index is 2.29. The van der Waals surface area contributed by atoms with E-state index in [9.17, 15) is 9.59 Å². The Bertz CT molecular complexity index is 642. The first-order valence-electron chi connectivity index (χ1n) is 6.50. The van der Waals surface area contributed by atoms with Crippen LogP contribution in [0.3, 0.4) is 0 Å². The number of ether oxygens (including phenoxy) is 1. The van der Waals surface area contributed by atoms with E-state index in [0.717, 1.165) is 5.69 Å². The van der Waals surface area contributed by atoms with Crippen LogP contribution >= 0.6 is 0 Å². The third kappa shape index (κ3) is 3.92. The van der Waals surface area contributed by atoms with Gasteiger partial charge < -0.3 is 4.74 Å². The maximum Gasteiger partial charge on any atom is 0.413 e. The van der Waals surface area contributed by atoms with E-state index in [2.05, 4.69) is 10.4 Å². The molecule has 0 aliphatic heterocycles. The van der Waals surface area contributed by atoms with E-state index in [-0.39, 0.29) is 5.69 Å². The lowest BCUT2D eigenvalue weighted by Crippen LogP contribution is -2.27. The molecule has 0 aliphatic carbocycles. The fourth-order valence-electron chi connectivity index (χ4n) is 1.72. The molecule has 6 heteroatoms. The Morgan fingerprint density at radius 3 is 2.52 bits per heavy atom. The van der Waals surface area contributed by atoms with Gasteiger partial charge in [-0.3, -0.25) is 10.1 Å². The highest BCUT2D eigenvalue weighted by molar-refractivity contribution is 5.86. The van der Waals surface area contributed by atoms with E-state index >= 15 is 0 Å². The summed E-state index contributed by atoms with van der Waals surface area (Å²) in [5.41, 5.74) is 0.358. The molecule has 0 unspecified atom stereocenters. The van der Waals surface area contributed by atoms with Crippen LogP contribution in [0, 0.1) is 0 Å². The summed E-state index contributed by atoms with van der Waals surface area (Å²) in [4.78, 5) is 22.7. The summed E-state index contributed by atoms with van der Waals surface area (Å²) in [7, 11) is 0. The molecular formula is C15H17N3O3. The molecule has 0 atom stereocenters. The fourth-order valence-corrected chi connectivity index (χ4v) is 1.72. The van der Waals surface area contributed by atoms with Crippen LogP contribution in [-0.2, 0) is 4.74 Å². The van der Waals surface area contributed by atoms with Gasteiger partial charge in [-0.2, -0.15) is 5.10 Å². The van der Waals surface area contributed by atoms with Crippen LogP contribution in [0.15, 0.2) is 36.4 Å². The SMILES string of the molecule is CC(C)(C)OC(=O)Nc1cc(C=O)nn1-c1ccccc1. The summed E-state index contributed by atoms with van der Waals surface area (Å²) in [6, 6.07) is 10.7. The second-order valence-corrected chi connectivity index (χ2v) is 5.45. The van der Waals surface area contributed by atoms with Crippen LogP contribution in [-0.4, -0.2) is 27.8 Å². The first kappa shape index (κ1) is 14.8. The van der Waals surface area contributed by atoms with Crippen LogP contribution in [0.2, 0.25) is 0 Å². The Hall–Kier alpha value is -2.63. The highest BCUT2D eigenvalue weighted by Gasteiger charge is 2.18. The van der Waals surface area contributed by atoms with Gasteiger partial charge in [0.2, 0.25) is 0 Å². The number of hydrogen-bond donors (Lipinski definition) is 1. The zero-order valence-corrected chi connectivity index (χ0v) is 12.2. The van der Waals surface area contributed by atoms with E-state index in [1.807, 2.05) is 30.3 Å². The number of hydrogen-bond acceptors (Lipinski definition) is 4. The van der Waals surface area contributed by atoms with Gasteiger partial charge in [-0.25, -0.2) is 9.48 Å². The molecule has 1 aromatic carbocycles. The van der Waals surface area contributed by atoms with Crippen molar-refractivity contribution in [1.29, 1.82) is 0 Å². The monoisotopic (exact) mass is 287 g/mol. The van der Waals surface area contributed by atoms with Gasteiger partial charge in [0.15, 0.2) is 6.29 Å². The first-order chi connectivity index (χ1) is 9.89. The van der Waals surface area contributed by atoms with Gasteiger partial charge in [-0.15, -0.1) is 0 Å². The van der Waals surface area contributed by atoms with Crippen molar-refractivity contribution in [1.82, 2.24) is 9.78 Å². The molecule has 0 saturated carbocycles. The Morgan fingerprint density at radius 1 is 1.29 bits per heavy atom. The molecule has 1 aromatic heterocycles. The van der Waals surface area contributed by atoms with Crippen molar-refractivity contribution in [2.45, 2.75) is 26.4 Å². The number of amides is 1. The summed E-state index contributed by atoms with van der Waals surface area (Å²) in [6.07, 6.45) is 0.0247. The van der Waals surface area contributed by atoms with Crippen molar-refractivity contribution in [3.05, 3.63) is 42.1 Å². The van der Waals surface area contributed by atoms with Crippen LogP contribution in [0.5, 0.6) is 0 Å². The summed E-state index contributed by atoms with van der Waals surface area (Å²) < 4.78 is 6.68. The molecule has 0 aliphatic rings. The quantitative estimate of drug-likeness (QED) is 0.881. The number of benzene rings is 1. The molecule has 0 bridgehead atoms. The third-order valence-corrected chi connectivity index (χ3v) is 2.48. The van der Waals surface area contributed by atoms with Crippen molar-refractivity contribution in [3.8, 4) is 5.69 Å². The predicted molar refractivity (Wildman–Crippen MR) is 78.8 cm³/mol. The molecule has 2 aromatic rings. The summed E-state index contributed by atoms with van der Waals surface area (Å²) in [5.74, 6) is 0.373. The van der Waals surface area contributed by atoms with Gasteiger partial charge in [0, 0.05) is 6.07 Å². The maximum absolute atomic E-state index is 11.8. The second kappa shape index (κ2) is 5.78. The number of rotatable bonds is 3. The Kier molecular flexibility index (Phi) is 4.07. The molecule has 6 nitrogen and oxygen atoms in total. The highest BCUT2D eigenvalue weighted by Crippen LogP contribution is 2.18. The molecule has 1 heterocycles. The average Bonchev–Trinajstić information content (AvgIpc) is 2.80. The van der Waals surface area contributed by atoms with E-state index in [1.54, 1.807) is 20.8 Å². The van der Waals surface area contributed by atoms with Crippen molar-refractivity contribution in [2.24, 2.45) is 0 Å². The zero-order valence-electron chi connectivity index (χ0n) is 12.2. The number of aromatic nitrogens is 2. The smallest absolute Gasteiger partial charge is 0.413 e. The van der Waals surface area contributed by atoms with Gasteiger partial charge in [-0.05, 0) is 32.9 Å². The van der Waals surface area contributed by atoms with Crippen LogP contribution in [0.25, 0.3) is 5.69 Å². The highest BCUT2D eigenvalue weighted by atomic mass is 16.6. The van der Waals surface area contributed by atoms with Crippen LogP contribution in [0.4, 0.5) is 10.6 Å². The van der Waals surface area contributed by atoms with E-state index < -0.39 is 11.7 Å². The van der Waals surface area contributed by atoms with Gasteiger partial charge in [0.1, 0.15) is 17.1 Å². The largest absolute Gasteiger partial charge is 0.444 e. The van der Waals surface area contributed by atoms with Crippen molar-refractivity contribution in [2.75, 3.05) is 5.32 Å². The molecular weight excluding hydrogens is 270 g/mol. The zero-order chi connectivity index (χ0) is 15.5. The van der Waals surface area contributed by atoms with Gasteiger partial charge >= 0.3 is 6.09 Å². The minimum absolute atomic E-state index is 0.227. The molecule has 1 N–H and O–H groups in total. The fraction of sp³-hybridized carbons (Fsp3) is 0.267. The average molecular weight is 287 g/mol. The lowest BCUT2D eigenvalue weighted by Gasteiger charge is -2.19. The van der Waals surface area contributed by atoms with Gasteiger partial charge in [0.05, 0.1) is 5.69 Å². The molecule has 0 fully saturated rings. The molecule has 0 radical (unpaired) electrons. The van der Waals surface area contributed by atoms with Gasteiger partial charge in [-0.1, -0.05) is 18.2 Å². The normalized spacial score (nSPS) is 11.0. The summed E-state index contributed by atoms with van der Waals surface area (Å²) >= 11 is 0. The molecule has 0 saturated heterocycles. The Morgan fingerprint density at radius 2 is 1.95 bits per heavy atom. The lowest BCUT2D eigenvalue weighted by molar-refractivity contribution is 0.0634. The van der Waals surface area contributed by atoms with Crippen molar-refractivity contribution >= 4 is 18.2 Å². The minimum Gasteiger partial charge on any atom is -0.444 e. The topological polar surface area (TPSA) is 73.2 Å². The molecule has 1 amide bonds. The maximum atomic E-state index is 11.8. The first-order valence-corrected chi connectivity index (χ1v) is 6.50. The molecule has 2 rings (SSSR count). The van der Waals surface area contributed by atoms with Crippen LogP contribution in [0.1, 0.15) is 31.3 Å². The second-order valence-electron chi connectivity index (χ2n) is 5.45. The number of aldehydes is 1. The predicted octanol–water partition coefficient (Wildman–Crippen LogP) is 3.03. The van der Waals surface area contributed by atoms with E-state index in [0.29, 0.717) is 12.1 Å². The molecule has 110 valence electrons.